The zero-order chi connectivity index (χ0) is 18.8. The van der Waals surface area contributed by atoms with Crippen LogP contribution in [0.2, 0.25) is 0 Å². The molecule has 4 rings (SSSR count). The lowest BCUT2D eigenvalue weighted by atomic mass is 10.1. The molecule has 0 bridgehead atoms. The zero-order valence-corrected chi connectivity index (χ0v) is 15.0. The van der Waals surface area contributed by atoms with Gasteiger partial charge in [-0.2, -0.15) is 0 Å². The fourth-order valence-electron chi connectivity index (χ4n) is 2.89. The maximum atomic E-state index is 12.5. The maximum Gasteiger partial charge on any atom is 0.325 e. The summed E-state index contributed by atoms with van der Waals surface area (Å²) >= 11 is 1.31. The molecule has 1 fully saturated rings. The number of fused-ring (bicyclic) bond motifs is 1. The Labute approximate surface area is 158 Å². The van der Waals surface area contributed by atoms with Gasteiger partial charge in [0.25, 0.3) is 5.91 Å². The lowest BCUT2D eigenvalue weighted by molar-refractivity contribution is -0.128. The molecule has 140 valence electrons. The summed E-state index contributed by atoms with van der Waals surface area (Å²) < 4.78 is 10.6. The van der Waals surface area contributed by atoms with Crippen molar-refractivity contribution in [2.24, 2.45) is 0 Å². The van der Waals surface area contributed by atoms with E-state index in [4.69, 9.17) is 9.47 Å². The molecule has 1 saturated heterocycles. The van der Waals surface area contributed by atoms with Gasteiger partial charge in [0.1, 0.15) is 6.04 Å². The lowest BCUT2D eigenvalue weighted by Crippen LogP contribution is -2.31. The van der Waals surface area contributed by atoms with Crippen LogP contribution in [0, 0.1) is 0 Å². The lowest BCUT2D eigenvalue weighted by Gasteiger charge is -2.13. The Morgan fingerprint density at radius 2 is 2.19 bits per heavy atom. The molecule has 0 spiro atoms. The molecule has 0 unspecified atom stereocenters. The average molecular weight is 388 g/mol. The standard InChI is InChI=1S/C17H16N4O5S/c22-14(20-16-18-5-6-27-16)4-2-11-15(23)21(17(24)19-11)8-10-1-3-12-13(7-10)26-9-25-12/h1,3,5-7,11H,2,4,8-9H2,(H,19,24)(H,18,20,22)/t11-/m1/s1. The van der Waals surface area contributed by atoms with Gasteiger partial charge in [-0.15, -0.1) is 11.3 Å². The van der Waals surface area contributed by atoms with Crippen molar-refractivity contribution in [3.63, 3.8) is 0 Å². The molecule has 1 atom stereocenters. The molecule has 9 nitrogen and oxygen atoms in total. The number of thiazole rings is 1. The fourth-order valence-corrected chi connectivity index (χ4v) is 3.43. The molecular formula is C17H16N4O5S. The molecule has 3 heterocycles. The van der Waals surface area contributed by atoms with Gasteiger partial charge in [-0.3, -0.25) is 14.5 Å². The van der Waals surface area contributed by atoms with E-state index in [9.17, 15) is 14.4 Å². The fraction of sp³-hybridized carbons (Fsp3) is 0.294. The van der Waals surface area contributed by atoms with Gasteiger partial charge in [-0.25, -0.2) is 9.78 Å². The summed E-state index contributed by atoms with van der Waals surface area (Å²) in [5.41, 5.74) is 0.755. The summed E-state index contributed by atoms with van der Waals surface area (Å²) in [4.78, 5) is 41.7. The van der Waals surface area contributed by atoms with Crippen LogP contribution >= 0.6 is 11.3 Å². The van der Waals surface area contributed by atoms with Crippen molar-refractivity contribution < 1.29 is 23.9 Å². The smallest absolute Gasteiger partial charge is 0.325 e. The zero-order valence-electron chi connectivity index (χ0n) is 14.1. The third-order valence-electron chi connectivity index (χ3n) is 4.22. The number of imide groups is 1. The third kappa shape index (κ3) is 3.70. The minimum atomic E-state index is -0.714. The number of carbonyl (C=O) groups is 3. The quantitative estimate of drug-likeness (QED) is 0.729. The molecule has 2 aliphatic rings. The molecule has 0 radical (unpaired) electrons. The van der Waals surface area contributed by atoms with Crippen molar-refractivity contribution in [3.05, 3.63) is 35.3 Å². The number of anilines is 1. The minimum absolute atomic E-state index is 0.105. The highest BCUT2D eigenvalue weighted by atomic mass is 32.1. The molecule has 2 aromatic rings. The number of benzene rings is 1. The predicted molar refractivity (Wildman–Crippen MR) is 95.4 cm³/mol. The van der Waals surface area contributed by atoms with Crippen molar-refractivity contribution in [3.8, 4) is 11.5 Å². The van der Waals surface area contributed by atoms with Crippen molar-refractivity contribution in [2.45, 2.75) is 25.4 Å². The first kappa shape index (κ1) is 17.3. The van der Waals surface area contributed by atoms with E-state index in [-0.39, 0.29) is 38.0 Å². The summed E-state index contributed by atoms with van der Waals surface area (Å²) in [6.07, 6.45) is 1.92. The van der Waals surface area contributed by atoms with E-state index in [1.807, 2.05) is 0 Å². The second-order valence-corrected chi connectivity index (χ2v) is 6.93. The minimum Gasteiger partial charge on any atom is -0.454 e. The highest BCUT2D eigenvalue weighted by Gasteiger charge is 2.38. The summed E-state index contributed by atoms with van der Waals surface area (Å²) in [5.74, 6) is 0.635. The van der Waals surface area contributed by atoms with E-state index in [1.54, 1.807) is 29.8 Å². The average Bonchev–Trinajstić information content (AvgIpc) is 3.37. The molecular weight excluding hydrogens is 372 g/mol. The Kier molecular flexibility index (Phi) is 4.63. The van der Waals surface area contributed by atoms with Crippen LogP contribution in [0.4, 0.5) is 9.93 Å². The molecule has 27 heavy (non-hydrogen) atoms. The van der Waals surface area contributed by atoms with Crippen LogP contribution in [-0.4, -0.2) is 40.6 Å². The number of rotatable bonds is 6. The predicted octanol–water partition coefficient (Wildman–Crippen LogP) is 1.71. The number of amides is 4. The number of carbonyl (C=O) groups excluding carboxylic acids is 3. The monoisotopic (exact) mass is 388 g/mol. The maximum absolute atomic E-state index is 12.5. The van der Waals surface area contributed by atoms with Gasteiger partial charge < -0.3 is 20.1 Å². The number of nitrogens with one attached hydrogen (secondary N) is 2. The molecule has 2 N–H and O–H groups in total. The topological polar surface area (TPSA) is 110 Å². The van der Waals surface area contributed by atoms with Crippen molar-refractivity contribution >= 4 is 34.3 Å². The summed E-state index contributed by atoms with van der Waals surface area (Å²) in [6, 6.07) is 4.09. The first-order valence-corrected chi connectivity index (χ1v) is 9.18. The molecule has 0 aliphatic carbocycles. The number of aromatic nitrogens is 1. The van der Waals surface area contributed by atoms with Gasteiger partial charge >= 0.3 is 6.03 Å². The van der Waals surface area contributed by atoms with Gasteiger partial charge in [0, 0.05) is 18.0 Å². The first-order chi connectivity index (χ1) is 13.1. The Morgan fingerprint density at radius 1 is 1.33 bits per heavy atom. The number of ether oxygens (including phenoxy) is 2. The van der Waals surface area contributed by atoms with Crippen LogP contribution in [0.1, 0.15) is 18.4 Å². The van der Waals surface area contributed by atoms with Crippen LogP contribution in [0.3, 0.4) is 0 Å². The Morgan fingerprint density at radius 3 is 3.00 bits per heavy atom. The summed E-state index contributed by atoms with van der Waals surface area (Å²) in [6.45, 7) is 0.288. The van der Waals surface area contributed by atoms with Gasteiger partial charge in [0.05, 0.1) is 6.54 Å². The Balaban J connectivity index is 1.33. The van der Waals surface area contributed by atoms with Gasteiger partial charge in [-0.1, -0.05) is 6.07 Å². The molecule has 10 heteroatoms. The van der Waals surface area contributed by atoms with E-state index in [0.717, 1.165) is 10.5 Å². The number of urea groups is 1. The second kappa shape index (κ2) is 7.23. The molecule has 2 aliphatic heterocycles. The van der Waals surface area contributed by atoms with Crippen LogP contribution in [0.5, 0.6) is 11.5 Å². The highest BCUT2D eigenvalue weighted by molar-refractivity contribution is 7.13. The molecule has 4 amide bonds. The Hall–Kier alpha value is -3.14. The molecule has 0 saturated carbocycles. The number of hydrogen-bond acceptors (Lipinski definition) is 7. The largest absolute Gasteiger partial charge is 0.454 e. The van der Waals surface area contributed by atoms with Gasteiger partial charge in [0.15, 0.2) is 16.6 Å². The third-order valence-corrected chi connectivity index (χ3v) is 4.91. The Bertz CT molecular complexity index is 885. The van der Waals surface area contributed by atoms with Crippen LogP contribution in [0.15, 0.2) is 29.8 Å². The summed E-state index contributed by atoms with van der Waals surface area (Å²) in [7, 11) is 0. The van der Waals surface area contributed by atoms with Crippen LogP contribution in [-0.2, 0) is 16.1 Å². The molecule has 1 aromatic heterocycles. The van der Waals surface area contributed by atoms with Gasteiger partial charge in [-0.05, 0) is 24.1 Å². The molecule has 1 aromatic carbocycles. The van der Waals surface area contributed by atoms with Gasteiger partial charge in [0.2, 0.25) is 12.7 Å². The van der Waals surface area contributed by atoms with E-state index >= 15 is 0 Å². The van der Waals surface area contributed by atoms with E-state index in [2.05, 4.69) is 15.6 Å². The first-order valence-electron chi connectivity index (χ1n) is 8.30. The van der Waals surface area contributed by atoms with E-state index < -0.39 is 12.1 Å². The van der Waals surface area contributed by atoms with Crippen molar-refractivity contribution in [2.75, 3.05) is 12.1 Å². The SMILES string of the molecule is O=C(CC[C@H]1NC(=O)N(Cc2ccc3c(c2)OCO3)C1=O)Nc1nccs1. The highest BCUT2D eigenvalue weighted by Crippen LogP contribution is 2.33. The normalized spacial score (nSPS) is 17.9. The van der Waals surface area contributed by atoms with Crippen molar-refractivity contribution in [1.29, 1.82) is 0 Å². The van der Waals surface area contributed by atoms with Crippen LogP contribution in [0.25, 0.3) is 0 Å². The van der Waals surface area contributed by atoms with Crippen LogP contribution < -0.4 is 20.1 Å². The van der Waals surface area contributed by atoms with E-state index in [1.165, 1.54) is 11.3 Å². The second-order valence-electron chi connectivity index (χ2n) is 6.04. The van der Waals surface area contributed by atoms with E-state index in [0.29, 0.717) is 16.6 Å². The number of nitrogens with zero attached hydrogens (tertiary/aromatic N) is 2. The number of hydrogen-bond donors (Lipinski definition) is 2. The van der Waals surface area contributed by atoms with Crippen molar-refractivity contribution in [1.82, 2.24) is 15.2 Å². The summed E-state index contributed by atoms with van der Waals surface area (Å²) in [5, 5.41) is 7.54.